The Bertz CT molecular complexity index is 794. The van der Waals surface area contributed by atoms with Gasteiger partial charge >= 0.3 is 0 Å². The van der Waals surface area contributed by atoms with Crippen LogP contribution in [0.1, 0.15) is 25.0 Å². The standard InChI is InChI=1S/C24H33N5O/c1-3-29(4-2)23-12-10-21(11-13-23)18-25-26-24(30)20-28-16-14-27(15-17-28)19-22-8-6-5-7-9-22/h5-13,18H,3-4,14-17,19-20H2,1-2H3,(H,26,30)/b25-18+. The van der Waals surface area contributed by atoms with Gasteiger partial charge in [-0.2, -0.15) is 5.10 Å². The number of hydrogen-bond acceptors (Lipinski definition) is 5. The zero-order valence-corrected chi connectivity index (χ0v) is 18.1. The van der Waals surface area contributed by atoms with Gasteiger partial charge in [-0.25, -0.2) is 5.43 Å². The number of piperazine rings is 1. The Morgan fingerprint density at radius 1 is 0.967 bits per heavy atom. The second-order valence-corrected chi connectivity index (χ2v) is 7.59. The molecule has 0 aromatic heterocycles. The Hall–Kier alpha value is -2.70. The predicted octanol–water partition coefficient (Wildman–Crippen LogP) is 2.80. The number of rotatable bonds is 9. The summed E-state index contributed by atoms with van der Waals surface area (Å²) in [6.07, 6.45) is 1.70. The molecule has 6 heteroatoms. The Balaban J connectivity index is 1.38. The second kappa shape index (κ2) is 11.5. The smallest absolute Gasteiger partial charge is 0.254 e. The van der Waals surface area contributed by atoms with E-state index in [0.717, 1.165) is 51.4 Å². The molecule has 0 saturated carbocycles. The fraction of sp³-hybridized carbons (Fsp3) is 0.417. The molecule has 1 amide bonds. The average Bonchev–Trinajstić information content (AvgIpc) is 2.78. The van der Waals surface area contributed by atoms with Gasteiger partial charge in [0.05, 0.1) is 12.8 Å². The Morgan fingerprint density at radius 3 is 2.23 bits per heavy atom. The van der Waals surface area contributed by atoms with Crippen molar-refractivity contribution in [3.8, 4) is 0 Å². The highest BCUT2D eigenvalue weighted by molar-refractivity contribution is 5.83. The first-order valence-electron chi connectivity index (χ1n) is 10.8. The fourth-order valence-corrected chi connectivity index (χ4v) is 3.72. The minimum atomic E-state index is -0.0671. The zero-order valence-electron chi connectivity index (χ0n) is 18.1. The normalized spacial score (nSPS) is 15.4. The summed E-state index contributed by atoms with van der Waals surface area (Å²) in [4.78, 5) is 19.1. The topological polar surface area (TPSA) is 51.2 Å². The predicted molar refractivity (Wildman–Crippen MR) is 124 cm³/mol. The third-order valence-corrected chi connectivity index (χ3v) is 5.51. The molecule has 0 radical (unpaired) electrons. The first kappa shape index (κ1) is 22.0. The first-order valence-corrected chi connectivity index (χ1v) is 10.8. The number of carbonyl (C=O) groups excluding carboxylic acids is 1. The summed E-state index contributed by atoms with van der Waals surface area (Å²) in [6, 6.07) is 18.8. The van der Waals surface area contributed by atoms with Crippen molar-refractivity contribution in [1.29, 1.82) is 0 Å². The number of nitrogens with zero attached hydrogens (tertiary/aromatic N) is 4. The van der Waals surface area contributed by atoms with Gasteiger partial charge in [0, 0.05) is 51.5 Å². The van der Waals surface area contributed by atoms with Gasteiger partial charge in [-0.3, -0.25) is 14.6 Å². The monoisotopic (exact) mass is 407 g/mol. The lowest BCUT2D eigenvalue weighted by atomic mass is 10.2. The molecule has 1 fully saturated rings. The van der Waals surface area contributed by atoms with E-state index in [1.165, 1.54) is 11.3 Å². The number of anilines is 1. The largest absolute Gasteiger partial charge is 0.372 e. The van der Waals surface area contributed by atoms with Gasteiger partial charge in [0.1, 0.15) is 0 Å². The van der Waals surface area contributed by atoms with Crippen LogP contribution < -0.4 is 10.3 Å². The van der Waals surface area contributed by atoms with Crippen molar-refractivity contribution in [3.63, 3.8) is 0 Å². The summed E-state index contributed by atoms with van der Waals surface area (Å²) in [5.41, 5.74) is 6.16. The molecule has 6 nitrogen and oxygen atoms in total. The van der Waals surface area contributed by atoms with Gasteiger partial charge < -0.3 is 4.90 Å². The molecule has 2 aromatic rings. The summed E-state index contributed by atoms with van der Waals surface area (Å²) in [7, 11) is 0. The number of carbonyl (C=O) groups is 1. The molecule has 1 saturated heterocycles. The van der Waals surface area contributed by atoms with Gasteiger partial charge in [-0.1, -0.05) is 42.5 Å². The maximum absolute atomic E-state index is 12.2. The molecule has 30 heavy (non-hydrogen) atoms. The van der Waals surface area contributed by atoms with Crippen molar-refractivity contribution in [3.05, 3.63) is 65.7 Å². The van der Waals surface area contributed by atoms with E-state index in [0.29, 0.717) is 6.54 Å². The molecule has 1 heterocycles. The van der Waals surface area contributed by atoms with Crippen LogP contribution in [0.4, 0.5) is 5.69 Å². The van der Waals surface area contributed by atoms with Crippen LogP contribution in [0.3, 0.4) is 0 Å². The van der Waals surface area contributed by atoms with Gasteiger partial charge in [-0.05, 0) is 37.1 Å². The second-order valence-electron chi connectivity index (χ2n) is 7.59. The molecule has 0 atom stereocenters. The van der Waals surface area contributed by atoms with Crippen LogP contribution in [-0.2, 0) is 11.3 Å². The number of benzene rings is 2. The lowest BCUT2D eigenvalue weighted by molar-refractivity contribution is -0.122. The van der Waals surface area contributed by atoms with E-state index < -0.39 is 0 Å². The molecule has 0 bridgehead atoms. The molecule has 0 spiro atoms. The zero-order chi connectivity index (χ0) is 21.2. The van der Waals surface area contributed by atoms with Crippen molar-refractivity contribution >= 4 is 17.8 Å². The van der Waals surface area contributed by atoms with Crippen LogP contribution in [0.5, 0.6) is 0 Å². The highest BCUT2D eigenvalue weighted by Gasteiger charge is 2.18. The lowest BCUT2D eigenvalue weighted by Gasteiger charge is -2.34. The lowest BCUT2D eigenvalue weighted by Crippen LogP contribution is -2.48. The Morgan fingerprint density at radius 2 is 1.60 bits per heavy atom. The molecule has 160 valence electrons. The van der Waals surface area contributed by atoms with Gasteiger partial charge in [0.25, 0.3) is 5.91 Å². The Kier molecular flexibility index (Phi) is 8.41. The summed E-state index contributed by atoms with van der Waals surface area (Å²) in [6.45, 7) is 11.4. The number of hydrazone groups is 1. The molecule has 2 aromatic carbocycles. The first-order chi connectivity index (χ1) is 14.7. The van der Waals surface area contributed by atoms with E-state index in [9.17, 15) is 4.79 Å². The number of hydrogen-bond donors (Lipinski definition) is 1. The number of nitrogens with one attached hydrogen (secondary N) is 1. The highest BCUT2D eigenvalue weighted by atomic mass is 16.2. The van der Waals surface area contributed by atoms with E-state index in [1.54, 1.807) is 6.21 Å². The molecular formula is C24H33N5O. The summed E-state index contributed by atoms with van der Waals surface area (Å²) >= 11 is 0. The SMILES string of the molecule is CCN(CC)c1ccc(/C=N/NC(=O)CN2CCN(Cc3ccccc3)CC2)cc1. The highest BCUT2D eigenvalue weighted by Crippen LogP contribution is 2.14. The number of amides is 1. The van der Waals surface area contributed by atoms with Crippen LogP contribution in [0.2, 0.25) is 0 Å². The fourth-order valence-electron chi connectivity index (χ4n) is 3.72. The van der Waals surface area contributed by atoms with Crippen LogP contribution in [0.15, 0.2) is 59.7 Å². The van der Waals surface area contributed by atoms with Crippen molar-refractivity contribution in [2.75, 3.05) is 50.7 Å². The third kappa shape index (κ3) is 6.68. The Labute approximate surface area is 180 Å². The maximum Gasteiger partial charge on any atom is 0.254 e. The third-order valence-electron chi connectivity index (χ3n) is 5.51. The molecule has 1 N–H and O–H groups in total. The molecule has 3 rings (SSSR count). The van der Waals surface area contributed by atoms with Crippen LogP contribution in [-0.4, -0.2) is 67.7 Å². The molecule has 1 aliphatic heterocycles. The van der Waals surface area contributed by atoms with E-state index in [1.807, 2.05) is 18.2 Å². The molecule has 0 unspecified atom stereocenters. The molecule has 0 aliphatic carbocycles. The van der Waals surface area contributed by atoms with Crippen LogP contribution in [0, 0.1) is 0 Å². The molecular weight excluding hydrogens is 374 g/mol. The van der Waals surface area contributed by atoms with E-state index in [-0.39, 0.29) is 5.91 Å². The van der Waals surface area contributed by atoms with E-state index in [2.05, 4.69) is 75.5 Å². The summed E-state index contributed by atoms with van der Waals surface area (Å²) < 4.78 is 0. The van der Waals surface area contributed by atoms with Crippen LogP contribution in [0.25, 0.3) is 0 Å². The minimum Gasteiger partial charge on any atom is -0.372 e. The van der Waals surface area contributed by atoms with Gasteiger partial charge in [0.15, 0.2) is 0 Å². The quantitative estimate of drug-likeness (QED) is 0.513. The van der Waals surface area contributed by atoms with Crippen molar-refractivity contribution in [2.45, 2.75) is 20.4 Å². The van der Waals surface area contributed by atoms with Crippen molar-refractivity contribution < 1.29 is 4.79 Å². The minimum absolute atomic E-state index is 0.0671. The van der Waals surface area contributed by atoms with Gasteiger partial charge in [-0.15, -0.1) is 0 Å². The van der Waals surface area contributed by atoms with Crippen LogP contribution >= 0.6 is 0 Å². The summed E-state index contributed by atoms with van der Waals surface area (Å²) in [5, 5.41) is 4.12. The van der Waals surface area contributed by atoms with Crippen molar-refractivity contribution in [1.82, 2.24) is 15.2 Å². The average molecular weight is 408 g/mol. The van der Waals surface area contributed by atoms with E-state index >= 15 is 0 Å². The van der Waals surface area contributed by atoms with Gasteiger partial charge in [0.2, 0.25) is 0 Å². The molecule has 1 aliphatic rings. The summed E-state index contributed by atoms with van der Waals surface area (Å²) in [5.74, 6) is -0.0671. The maximum atomic E-state index is 12.2. The van der Waals surface area contributed by atoms with E-state index in [4.69, 9.17) is 0 Å². The van der Waals surface area contributed by atoms with Crippen molar-refractivity contribution in [2.24, 2.45) is 5.10 Å².